The van der Waals surface area contributed by atoms with Crippen LogP contribution in [0, 0.1) is 0 Å². The zero-order valence-corrected chi connectivity index (χ0v) is 13.2. The summed E-state index contributed by atoms with van der Waals surface area (Å²) in [6, 6.07) is 8.48. The number of hydrogen-bond acceptors (Lipinski definition) is 1. The first-order valence-electron chi connectivity index (χ1n) is 7.38. The molecule has 5 heteroatoms. The van der Waals surface area contributed by atoms with Gasteiger partial charge in [0.2, 0.25) is 0 Å². The number of hydrogen-bond donors (Lipinski definition) is 2. The lowest BCUT2D eigenvalue weighted by Crippen LogP contribution is -2.24. The van der Waals surface area contributed by atoms with Crippen LogP contribution in [0.5, 0.6) is 0 Å². The van der Waals surface area contributed by atoms with Gasteiger partial charge in [-0.3, -0.25) is 4.79 Å². The number of nitrogens with zero attached hydrogens (tertiary/aromatic N) is 2. The molecule has 116 valence electrons. The highest BCUT2D eigenvalue weighted by molar-refractivity contribution is 6.05. The van der Waals surface area contributed by atoms with Gasteiger partial charge in [0.25, 0.3) is 5.91 Å². The van der Waals surface area contributed by atoms with Crippen molar-refractivity contribution in [2.45, 2.75) is 33.2 Å². The van der Waals surface area contributed by atoms with Crippen LogP contribution < -0.4 is 11.5 Å². The van der Waals surface area contributed by atoms with E-state index in [2.05, 4.69) is 41.7 Å². The second kappa shape index (κ2) is 6.47. The van der Waals surface area contributed by atoms with Gasteiger partial charge in [0.1, 0.15) is 0 Å². The topological polar surface area (TPSA) is 86.4 Å². The van der Waals surface area contributed by atoms with Crippen molar-refractivity contribution in [2.75, 3.05) is 0 Å². The number of rotatable bonds is 4. The summed E-state index contributed by atoms with van der Waals surface area (Å²) < 4.78 is 2.19. The van der Waals surface area contributed by atoms with E-state index in [0.717, 1.165) is 16.5 Å². The van der Waals surface area contributed by atoms with Crippen molar-refractivity contribution >= 4 is 28.8 Å². The van der Waals surface area contributed by atoms with Crippen molar-refractivity contribution in [3.63, 3.8) is 0 Å². The van der Waals surface area contributed by atoms with Gasteiger partial charge < -0.3 is 16.0 Å². The number of carbonyl (C=O) groups excluding carboxylic acids is 1. The van der Waals surface area contributed by atoms with Crippen molar-refractivity contribution in [2.24, 2.45) is 16.5 Å². The van der Waals surface area contributed by atoms with Crippen LogP contribution in [0.3, 0.4) is 0 Å². The molecule has 22 heavy (non-hydrogen) atoms. The van der Waals surface area contributed by atoms with Gasteiger partial charge in [-0.15, -0.1) is 0 Å². The maximum absolute atomic E-state index is 12.0. The average molecular weight is 298 g/mol. The van der Waals surface area contributed by atoms with E-state index in [0.29, 0.717) is 18.0 Å². The average Bonchev–Trinajstić information content (AvgIpc) is 2.83. The van der Waals surface area contributed by atoms with E-state index in [4.69, 9.17) is 11.5 Å². The summed E-state index contributed by atoms with van der Waals surface area (Å²) in [6.07, 6.45) is 4.50. The summed E-state index contributed by atoms with van der Waals surface area (Å²) in [5.41, 5.74) is 13.3. The van der Waals surface area contributed by atoms with Gasteiger partial charge in [-0.2, -0.15) is 4.99 Å². The van der Waals surface area contributed by atoms with E-state index in [-0.39, 0.29) is 11.9 Å². The number of amides is 1. The highest BCUT2D eigenvalue weighted by atomic mass is 16.1. The first kappa shape index (κ1) is 15.8. The molecule has 2 aromatic rings. The predicted molar refractivity (Wildman–Crippen MR) is 91.4 cm³/mol. The first-order valence-corrected chi connectivity index (χ1v) is 7.38. The van der Waals surface area contributed by atoms with Gasteiger partial charge in [-0.05, 0) is 32.4 Å². The normalized spacial score (nSPS) is 11.9. The summed E-state index contributed by atoms with van der Waals surface area (Å²) >= 11 is 0. The third kappa shape index (κ3) is 3.19. The molecule has 1 amide bonds. The van der Waals surface area contributed by atoms with E-state index in [9.17, 15) is 4.79 Å². The van der Waals surface area contributed by atoms with Gasteiger partial charge in [0, 0.05) is 34.3 Å². The Bertz CT molecular complexity index is 749. The lowest BCUT2D eigenvalue weighted by atomic mass is 10.1. The quantitative estimate of drug-likeness (QED) is 0.517. The highest BCUT2D eigenvalue weighted by Gasteiger charge is 2.12. The Kier molecular flexibility index (Phi) is 4.65. The molecule has 0 aliphatic rings. The van der Waals surface area contributed by atoms with Crippen molar-refractivity contribution in [1.82, 2.24) is 4.57 Å². The second-order valence-corrected chi connectivity index (χ2v) is 5.47. The van der Waals surface area contributed by atoms with Gasteiger partial charge in [0.15, 0.2) is 5.96 Å². The molecular formula is C17H22N4O. The molecule has 1 aromatic heterocycles. The fourth-order valence-electron chi connectivity index (χ4n) is 2.47. The van der Waals surface area contributed by atoms with Crippen LogP contribution in [-0.4, -0.2) is 16.4 Å². The Morgan fingerprint density at radius 3 is 2.59 bits per heavy atom. The molecule has 0 unspecified atom stereocenters. The number of carbonyl (C=O) groups is 1. The fourth-order valence-corrected chi connectivity index (χ4v) is 2.47. The van der Waals surface area contributed by atoms with Crippen molar-refractivity contribution in [1.29, 1.82) is 0 Å². The number of aromatic nitrogens is 1. The number of para-hydroxylation sites is 1. The molecule has 1 aromatic carbocycles. The van der Waals surface area contributed by atoms with Crippen LogP contribution in [0.15, 0.2) is 41.0 Å². The first-order chi connectivity index (χ1) is 10.4. The summed E-state index contributed by atoms with van der Waals surface area (Å²) in [4.78, 5) is 15.7. The molecule has 0 fully saturated rings. The number of fused-ring (bicyclic) bond motifs is 1. The summed E-state index contributed by atoms with van der Waals surface area (Å²) in [6.45, 7) is 6.17. The molecular weight excluding hydrogens is 276 g/mol. The maximum Gasteiger partial charge on any atom is 0.276 e. The minimum Gasteiger partial charge on any atom is -0.370 e. The van der Waals surface area contributed by atoms with E-state index < -0.39 is 0 Å². The minimum absolute atomic E-state index is 0.214. The largest absolute Gasteiger partial charge is 0.370 e. The summed E-state index contributed by atoms with van der Waals surface area (Å²) in [5.74, 6) is -0.599. The Hall–Kier alpha value is -2.56. The van der Waals surface area contributed by atoms with Crippen molar-refractivity contribution in [3.8, 4) is 0 Å². The molecule has 1 heterocycles. The van der Waals surface area contributed by atoms with Crippen LogP contribution in [0.1, 0.15) is 38.8 Å². The monoisotopic (exact) mass is 298 g/mol. The van der Waals surface area contributed by atoms with E-state index >= 15 is 0 Å². The summed E-state index contributed by atoms with van der Waals surface area (Å²) in [7, 11) is 0. The highest BCUT2D eigenvalue weighted by Crippen LogP contribution is 2.27. The molecule has 0 saturated heterocycles. The molecule has 5 nitrogen and oxygen atoms in total. The van der Waals surface area contributed by atoms with Crippen molar-refractivity contribution < 1.29 is 4.79 Å². The molecule has 4 N–H and O–H groups in total. The van der Waals surface area contributed by atoms with Crippen LogP contribution >= 0.6 is 0 Å². The van der Waals surface area contributed by atoms with Gasteiger partial charge in [-0.1, -0.05) is 25.1 Å². The lowest BCUT2D eigenvalue weighted by Gasteiger charge is -2.08. The Balaban J connectivity index is 2.56. The maximum atomic E-state index is 12.0. The van der Waals surface area contributed by atoms with Crippen LogP contribution in [0.4, 0.5) is 0 Å². The number of benzene rings is 1. The van der Waals surface area contributed by atoms with Crippen molar-refractivity contribution in [3.05, 3.63) is 41.6 Å². The zero-order valence-electron chi connectivity index (χ0n) is 13.2. The van der Waals surface area contributed by atoms with Gasteiger partial charge in [0.05, 0.1) is 0 Å². The molecule has 0 atom stereocenters. The Morgan fingerprint density at radius 1 is 1.32 bits per heavy atom. The molecule has 0 bridgehead atoms. The lowest BCUT2D eigenvalue weighted by molar-refractivity contribution is -0.114. The van der Waals surface area contributed by atoms with Crippen LogP contribution in [0.25, 0.3) is 17.0 Å². The van der Waals surface area contributed by atoms with Crippen LogP contribution in [0.2, 0.25) is 0 Å². The molecule has 0 spiro atoms. The number of guanidine groups is 1. The zero-order chi connectivity index (χ0) is 16.3. The number of nitrogens with two attached hydrogens (primary N) is 2. The minimum atomic E-state index is -0.385. The third-order valence-electron chi connectivity index (χ3n) is 3.54. The van der Waals surface area contributed by atoms with E-state index in [1.807, 2.05) is 25.1 Å². The second-order valence-electron chi connectivity index (χ2n) is 5.47. The van der Waals surface area contributed by atoms with Gasteiger partial charge in [-0.25, -0.2) is 0 Å². The fraction of sp³-hybridized carbons (Fsp3) is 0.294. The predicted octanol–water partition coefficient (Wildman–Crippen LogP) is 2.82. The van der Waals surface area contributed by atoms with Gasteiger partial charge >= 0.3 is 0 Å². The molecule has 2 rings (SSSR count). The molecule has 0 aliphatic heterocycles. The Morgan fingerprint density at radius 2 is 2.00 bits per heavy atom. The third-order valence-corrected chi connectivity index (χ3v) is 3.54. The van der Waals surface area contributed by atoms with E-state index in [1.165, 1.54) is 0 Å². The molecule has 0 aliphatic carbocycles. The summed E-state index contributed by atoms with van der Waals surface area (Å²) in [5, 5.41) is 1.11. The SMILES string of the molecule is CC/C(=C\c1cn(C(C)C)c2ccccc12)C(=O)N=C(N)N. The number of aliphatic imine (C=N–C) groups is 1. The Labute approximate surface area is 130 Å². The van der Waals surface area contributed by atoms with E-state index in [1.54, 1.807) is 0 Å². The standard InChI is InChI=1S/C17H22N4O/c1-4-12(16(22)20-17(18)19)9-13-10-21(11(2)3)15-8-6-5-7-14(13)15/h5-11H,4H2,1-3H3,(H4,18,19,20,22)/b12-9+. The molecule has 0 radical (unpaired) electrons. The van der Waals surface area contributed by atoms with Crippen LogP contribution in [-0.2, 0) is 4.79 Å². The molecule has 0 saturated carbocycles. The smallest absolute Gasteiger partial charge is 0.276 e.